The second-order valence-electron chi connectivity index (χ2n) is 10.3. The molecule has 0 spiro atoms. The number of carbonyl (C=O) groups is 1. The van der Waals surface area contributed by atoms with Crippen LogP contribution in [0.4, 0.5) is 11.5 Å². The fraction of sp³-hybridized carbons (Fsp3) is 0.370. The van der Waals surface area contributed by atoms with Crippen LogP contribution in [0.3, 0.4) is 0 Å². The van der Waals surface area contributed by atoms with E-state index >= 15 is 0 Å². The molecule has 8 nitrogen and oxygen atoms in total. The third kappa shape index (κ3) is 4.48. The third-order valence-corrected chi connectivity index (χ3v) is 6.96. The van der Waals surface area contributed by atoms with Gasteiger partial charge in [-0.25, -0.2) is 4.98 Å². The summed E-state index contributed by atoms with van der Waals surface area (Å²) in [6.07, 6.45) is 7.94. The van der Waals surface area contributed by atoms with Crippen LogP contribution >= 0.6 is 0 Å². The summed E-state index contributed by atoms with van der Waals surface area (Å²) in [7, 11) is 1.83. The van der Waals surface area contributed by atoms with Crippen LogP contribution in [0.5, 0.6) is 0 Å². The molecule has 0 aromatic carbocycles. The largest absolute Gasteiger partial charge is 0.373 e. The van der Waals surface area contributed by atoms with Gasteiger partial charge in [0.2, 0.25) is 0 Å². The maximum Gasteiger partial charge on any atom is 0.278 e. The number of hydrogen-bond acceptors (Lipinski definition) is 7. The summed E-state index contributed by atoms with van der Waals surface area (Å²) in [6.45, 7) is 8.67. The highest BCUT2D eigenvalue weighted by Crippen LogP contribution is 2.38. The van der Waals surface area contributed by atoms with E-state index in [1.807, 2.05) is 38.4 Å². The van der Waals surface area contributed by atoms with Crippen molar-refractivity contribution in [2.45, 2.75) is 47.0 Å². The van der Waals surface area contributed by atoms with Crippen molar-refractivity contribution in [1.82, 2.24) is 20.1 Å². The summed E-state index contributed by atoms with van der Waals surface area (Å²) in [6, 6.07) is 5.86. The molecule has 1 unspecified atom stereocenters. The molecule has 0 aliphatic heterocycles. The maximum absolute atomic E-state index is 13.2. The lowest BCUT2D eigenvalue weighted by molar-refractivity contribution is 0.101. The molecule has 4 aromatic heterocycles. The van der Waals surface area contributed by atoms with Crippen LogP contribution in [0.1, 0.15) is 54.7 Å². The van der Waals surface area contributed by atoms with Crippen LogP contribution in [0.15, 0.2) is 41.3 Å². The van der Waals surface area contributed by atoms with Gasteiger partial charge in [0.05, 0.1) is 17.4 Å². The molecule has 1 atom stereocenters. The Morgan fingerprint density at radius 1 is 1.09 bits per heavy atom. The van der Waals surface area contributed by atoms with E-state index < -0.39 is 0 Å². The van der Waals surface area contributed by atoms with Gasteiger partial charge in [0.25, 0.3) is 5.91 Å². The lowest BCUT2D eigenvalue weighted by Crippen LogP contribution is -2.27. The van der Waals surface area contributed by atoms with E-state index in [0.717, 1.165) is 64.1 Å². The molecular weight excluding hydrogens is 440 g/mol. The summed E-state index contributed by atoms with van der Waals surface area (Å²) in [5.41, 5.74) is 5.56. The van der Waals surface area contributed by atoms with E-state index in [1.54, 1.807) is 12.4 Å². The minimum atomic E-state index is -0.276. The molecule has 4 heterocycles. The summed E-state index contributed by atoms with van der Waals surface area (Å²) in [4.78, 5) is 26.7. The number of carbonyl (C=O) groups excluding carboxylic acids is 1. The monoisotopic (exact) mass is 470 g/mol. The number of pyridine rings is 3. The molecule has 4 aromatic rings. The van der Waals surface area contributed by atoms with E-state index in [2.05, 4.69) is 51.5 Å². The zero-order chi connectivity index (χ0) is 24.7. The SMILES string of the molecule is CNc1cc2ncc(-c3cc(NC(=O)c4noc5c4CC(C(C)(C)C)CC5)cnc3C)cc2cn1. The first-order valence-electron chi connectivity index (χ1n) is 11.9. The second-order valence-corrected chi connectivity index (χ2v) is 10.3. The Labute approximate surface area is 204 Å². The minimum Gasteiger partial charge on any atom is -0.373 e. The Bertz CT molecular complexity index is 1420. The molecule has 0 fully saturated rings. The van der Waals surface area contributed by atoms with Gasteiger partial charge in [-0.2, -0.15) is 0 Å². The molecule has 180 valence electrons. The lowest BCUT2D eigenvalue weighted by Gasteiger charge is -2.33. The first kappa shape index (κ1) is 23.0. The van der Waals surface area contributed by atoms with E-state index in [4.69, 9.17) is 4.52 Å². The van der Waals surface area contributed by atoms with Crippen molar-refractivity contribution in [2.75, 3.05) is 17.7 Å². The topological polar surface area (TPSA) is 106 Å². The Hall–Kier alpha value is -3.81. The predicted octanol–water partition coefficient (Wildman–Crippen LogP) is 5.43. The van der Waals surface area contributed by atoms with Crippen molar-refractivity contribution in [3.8, 4) is 11.1 Å². The third-order valence-electron chi connectivity index (χ3n) is 6.96. The number of aromatic nitrogens is 4. The Kier molecular flexibility index (Phi) is 5.75. The molecule has 8 heteroatoms. The Morgan fingerprint density at radius 3 is 2.69 bits per heavy atom. The molecule has 5 rings (SSSR count). The summed E-state index contributed by atoms with van der Waals surface area (Å²) < 4.78 is 5.53. The van der Waals surface area contributed by atoms with Crippen molar-refractivity contribution in [1.29, 1.82) is 0 Å². The van der Waals surface area contributed by atoms with E-state index in [1.165, 1.54) is 0 Å². The number of hydrogen-bond donors (Lipinski definition) is 2. The highest BCUT2D eigenvalue weighted by atomic mass is 16.5. The first-order chi connectivity index (χ1) is 16.7. The highest BCUT2D eigenvalue weighted by molar-refractivity contribution is 6.04. The highest BCUT2D eigenvalue weighted by Gasteiger charge is 2.34. The number of aryl methyl sites for hydroxylation is 2. The zero-order valence-corrected chi connectivity index (χ0v) is 20.8. The van der Waals surface area contributed by atoms with Gasteiger partial charge >= 0.3 is 0 Å². The molecule has 2 N–H and O–H groups in total. The van der Waals surface area contributed by atoms with Crippen LogP contribution in [-0.2, 0) is 12.8 Å². The molecule has 0 saturated carbocycles. The number of fused-ring (bicyclic) bond motifs is 2. The summed E-state index contributed by atoms with van der Waals surface area (Å²) in [5.74, 6) is 1.80. The normalized spacial score (nSPS) is 15.6. The standard InChI is InChI=1S/C27H30N6O2/c1-15-20(16-8-17-13-31-24(28-5)11-22(17)30-12-16)10-19(14-29-15)32-26(34)25-21-9-18(27(2,3)4)6-7-23(21)35-33-25/h8,10-14,18H,6-7,9H2,1-5H3,(H,28,31)(H,32,34). The molecule has 35 heavy (non-hydrogen) atoms. The van der Waals surface area contributed by atoms with Crippen LogP contribution in [-0.4, -0.2) is 33.1 Å². The number of nitrogens with zero attached hydrogens (tertiary/aromatic N) is 4. The van der Waals surface area contributed by atoms with Gasteiger partial charge in [-0.3, -0.25) is 14.8 Å². The maximum atomic E-state index is 13.2. The molecule has 1 amide bonds. The summed E-state index contributed by atoms with van der Waals surface area (Å²) in [5, 5.41) is 11.1. The van der Waals surface area contributed by atoms with Crippen molar-refractivity contribution >= 4 is 28.3 Å². The first-order valence-corrected chi connectivity index (χ1v) is 11.9. The average molecular weight is 471 g/mol. The van der Waals surface area contributed by atoms with Gasteiger partial charge in [0.1, 0.15) is 11.6 Å². The van der Waals surface area contributed by atoms with E-state index in [-0.39, 0.29) is 11.3 Å². The quantitative estimate of drug-likeness (QED) is 0.409. The number of anilines is 2. The fourth-order valence-corrected chi connectivity index (χ4v) is 4.71. The fourth-order valence-electron chi connectivity index (χ4n) is 4.71. The predicted molar refractivity (Wildman–Crippen MR) is 136 cm³/mol. The molecule has 1 aliphatic rings. The van der Waals surface area contributed by atoms with Crippen LogP contribution in [0, 0.1) is 18.3 Å². The van der Waals surface area contributed by atoms with Gasteiger partial charge in [-0.1, -0.05) is 25.9 Å². The van der Waals surface area contributed by atoms with Gasteiger partial charge < -0.3 is 15.2 Å². The molecular formula is C27H30N6O2. The smallest absolute Gasteiger partial charge is 0.278 e. The molecule has 0 radical (unpaired) electrons. The Morgan fingerprint density at radius 2 is 1.91 bits per heavy atom. The van der Waals surface area contributed by atoms with Crippen molar-refractivity contribution in [3.63, 3.8) is 0 Å². The van der Waals surface area contributed by atoms with Crippen molar-refractivity contribution in [3.05, 3.63) is 59.5 Å². The average Bonchev–Trinajstić information content (AvgIpc) is 3.27. The van der Waals surface area contributed by atoms with Gasteiger partial charge in [0, 0.05) is 59.7 Å². The van der Waals surface area contributed by atoms with Crippen LogP contribution in [0.2, 0.25) is 0 Å². The Balaban J connectivity index is 1.41. The van der Waals surface area contributed by atoms with Crippen LogP contribution < -0.4 is 10.6 Å². The number of rotatable bonds is 4. The van der Waals surface area contributed by atoms with Crippen molar-refractivity contribution in [2.24, 2.45) is 11.3 Å². The van der Waals surface area contributed by atoms with E-state index in [9.17, 15) is 4.79 Å². The van der Waals surface area contributed by atoms with Crippen molar-refractivity contribution < 1.29 is 9.32 Å². The van der Waals surface area contributed by atoms with Crippen LogP contribution in [0.25, 0.3) is 22.0 Å². The number of amides is 1. The number of nitrogens with one attached hydrogen (secondary N) is 2. The summed E-state index contributed by atoms with van der Waals surface area (Å²) >= 11 is 0. The lowest BCUT2D eigenvalue weighted by atomic mass is 9.71. The molecule has 0 bridgehead atoms. The van der Waals surface area contributed by atoms with Gasteiger partial charge in [-0.05, 0) is 43.2 Å². The van der Waals surface area contributed by atoms with Gasteiger partial charge in [0.15, 0.2) is 5.69 Å². The second kappa shape index (κ2) is 8.76. The zero-order valence-electron chi connectivity index (χ0n) is 20.8. The molecule has 0 saturated heterocycles. The molecule has 1 aliphatic carbocycles. The van der Waals surface area contributed by atoms with Gasteiger partial charge in [-0.15, -0.1) is 0 Å². The minimum absolute atomic E-state index is 0.163. The van der Waals surface area contributed by atoms with E-state index in [0.29, 0.717) is 17.3 Å².